The Kier molecular flexibility index (Phi) is 14.0. The number of aryl methyl sites for hydroxylation is 1. The number of thioether (sulfide) groups is 1. The summed E-state index contributed by atoms with van der Waals surface area (Å²) in [6.45, 7) is 3.87. The lowest BCUT2D eigenvalue weighted by Crippen LogP contribution is -2.30. The van der Waals surface area contributed by atoms with Gasteiger partial charge < -0.3 is 16.0 Å². The molecule has 0 aliphatic carbocycles. The summed E-state index contributed by atoms with van der Waals surface area (Å²) in [6.07, 6.45) is 14.9. The van der Waals surface area contributed by atoms with Crippen LogP contribution in [0.1, 0.15) is 35.2 Å². The fourth-order valence-corrected chi connectivity index (χ4v) is 3.93. The van der Waals surface area contributed by atoms with E-state index >= 15 is 0 Å². The number of rotatable bonds is 4. The van der Waals surface area contributed by atoms with Crippen LogP contribution in [0.15, 0.2) is 35.6 Å². The highest BCUT2D eigenvalue weighted by atomic mass is 32.2. The molecule has 0 aromatic carbocycles. The number of piperidine rings is 1. The normalized spacial score (nSPS) is 13.8. The predicted molar refractivity (Wildman–Crippen MR) is 142 cm³/mol. The van der Waals surface area contributed by atoms with Crippen LogP contribution in [0, 0.1) is 6.92 Å². The number of fused-ring (bicyclic) bond motifs is 1. The molecule has 188 valence electrons. The summed E-state index contributed by atoms with van der Waals surface area (Å²) in [4.78, 5) is 29.4. The standard InChI is InChI=1S/C13H11N5O2.C6H13NOS.C2H6S.CH5N/c1-8-9(6-19)5-18-11(8)12(15-7-16-18)17-10-3-2-4-14-13(10)20;1-9(8)7-5-3-2-4-6-7;1-3-2;1-2/h2-7H,1H3,(H,14,20)(H,15,16,17);2-6H2,1H3;1-2H3;2H2,1H3. The molecule has 10 nitrogen and oxygen atoms in total. The number of nitrogens with zero attached hydrogens (tertiary/aromatic N) is 4. The molecule has 0 spiro atoms. The van der Waals surface area contributed by atoms with Gasteiger partial charge in [-0.25, -0.2) is 18.0 Å². The largest absolute Gasteiger partial charge is 0.334 e. The summed E-state index contributed by atoms with van der Waals surface area (Å²) in [6, 6.07) is 3.36. The number of aromatic amines is 1. The van der Waals surface area contributed by atoms with Crippen molar-refractivity contribution in [1.82, 2.24) is 23.9 Å². The molecule has 4 rings (SSSR count). The Morgan fingerprint density at radius 2 is 1.88 bits per heavy atom. The molecule has 1 saturated heterocycles. The molecule has 4 heterocycles. The maximum absolute atomic E-state index is 11.7. The molecule has 12 heteroatoms. The topological polar surface area (TPSA) is 138 Å². The van der Waals surface area contributed by atoms with E-state index in [1.807, 2.05) is 23.7 Å². The molecule has 0 saturated carbocycles. The Bertz CT molecular complexity index is 1100. The van der Waals surface area contributed by atoms with E-state index in [0.717, 1.165) is 24.9 Å². The van der Waals surface area contributed by atoms with Crippen LogP contribution in [-0.4, -0.2) is 73.3 Å². The average molecular weight is 510 g/mol. The fraction of sp³-hybridized carbons (Fsp3) is 0.455. The highest BCUT2D eigenvalue weighted by Gasteiger charge is 2.13. The molecule has 3 aromatic heterocycles. The Balaban J connectivity index is 0.000000345. The van der Waals surface area contributed by atoms with E-state index in [-0.39, 0.29) is 5.56 Å². The zero-order chi connectivity index (χ0) is 25.5. The first kappa shape index (κ1) is 29.5. The zero-order valence-corrected chi connectivity index (χ0v) is 22.0. The van der Waals surface area contributed by atoms with Gasteiger partial charge in [-0.15, -0.1) is 0 Å². The number of hydrogen-bond acceptors (Lipinski definition) is 8. The number of anilines is 2. The maximum atomic E-state index is 11.7. The van der Waals surface area contributed by atoms with Gasteiger partial charge in [-0.05, 0) is 57.0 Å². The minimum atomic E-state index is -0.719. The quantitative estimate of drug-likeness (QED) is 0.456. The monoisotopic (exact) mass is 509 g/mol. The fourth-order valence-electron chi connectivity index (χ4n) is 3.16. The van der Waals surface area contributed by atoms with Gasteiger partial charge in [0.05, 0.1) is 11.0 Å². The van der Waals surface area contributed by atoms with Gasteiger partial charge in [0.2, 0.25) is 0 Å². The molecule has 4 N–H and O–H groups in total. The molecule has 3 aromatic rings. The number of aldehydes is 1. The van der Waals surface area contributed by atoms with E-state index in [4.69, 9.17) is 0 Å². The zero-order valence-electron chi connectivity index (χ0n) is 20.4. The summed E-state index contributed by atoms with van der Waals surface area (Å²) < 4.78 is 14.4. The maximum Gasteiger partial charge on any atom is 0.271 e. The lowest BCUT2D eigenvalue weighted by molar-refractivity contribution is 0.112. The lowest BCUT2D eigenvalue weighted by Gasteiger charge is -2.22. The summed E-state index contributed by atoms with van der Waals surface area (Å²) >= 11 is 1.75. The van der Waals surface area contributed by atoms with E-state index in [1.165, 1.54) is 32.6 Å². The number of nitrogens with two attached hydrogens (primary N) is 1. The van der Waals surface area contributed by atoms with Crippen molar-refractivity contribution in [3.05, 3.63) is 52.3 Å². The van der Waals surface area contributed by atoms with Gasteiger partial charge in [0.25, 0.3) is 5.56 Å². The van der Waals surface area contributed by atoms with Crippen LogP contribution < -0.4 is 16.6 Å². The molecular weight excluding hydrogens is 474 g/mol. The van der Waals surface area contributed by atoms with Crippen LogP contribution in [0.2, 0.25) is 0 Å². The van der Waals surface area contributed by atoms with Crippen molar-refractivity contribution in [3.8, 4) is 0 Å². The van der Waals surface area contributed by atoms with Crippen LogP contribution in [0.4, 0.5) is 11.5 Å². The molecular formula is C22H35N7O3S2. The van der Waals surface area contributed by atoms with Gasteiger partial charge in [0.15, 0.2) is 12.1 Å². The first-order valence-corrected chi connectivity index (χ1v) is 13.9. The molecule has 0 bridgehead atoms. The van der Waals surface area contributed by atoms with Crippen LogP contribution in [0.25, 0.3) is 5.52 Å². The number of nitrogens with one attached hydrogen (secondary N) is 2. The summed E-state index contributed by atoms with van der Waals surface area (Å²) in [5.41, 5.74) is 6.59. The van der Waals surface area contributed by atoms with Crippen molar-refractivity contribution in [1.29, 1.82) is 0 Å². The van der Waals surface area contributed by atoms with Crippen molar-refractivity contribution in [2.45, 2.75) is 26.2 Å². The van der Waals surface area contributed by atoms with Crippen molar-refractivity contribution >= 4 is 46.1 Å². The molecule has 0 radical (unpaired) electrons. The third-order valence-electron chi connectivity index (χ3n) is 4.74. The van der Waals surface area contributed by atoms with Crippen LogP contribution >= 0.6 is 11.8 Å². The van der Waals surface area contributed by atoms with E-state index in [1.54, 1.807) is 47.1 Å². The smallest absolute Gasteiger partial charge is 0.271 e. The molecule has 1 atom stereocenters. The first-order valence-electron chi connectivity index (χ1n) is 10.7. The van der Waals surface area contributed by atoms with E-state index in [9.17, 15) is 13.8 Å². The lowest BCUT2D eigenvalue weighted by atomic mass is 10.2. The molecule has 1 aliphatic rings. The second-order valence-electron chi connectivity index (χ2n) is 7.09. The van der Waals surface area contributed by atoms with Gasteiger partial charge in [-0.2, -0.15) is 16.9 Å². The van der Waals surface area contributed by atoms with Crippen molar-refractivity contribution in [2.24, 2.45) is 5.73 Å². The van der Waals surface area contributed by atoms with Crippen molar-refractivity contribution in [3.63, 3.8) is 0 Å². The Morgan fingerprint density at radius 3 is 2.41 bits per heavy atom. The molecule has 1 fully saturated rings. The molecule has 1 aliphatic heterocycles. The average Bonchev–Trinajstić information content (AvgIpc) is 3.20. The van der Waals surface area contributed by atoms with Crippen molar-refractivity contribution in [2.75, 3.05) is 44.2 Å². The molecule has 1 unspecified atom stereocenters. The second-order valence-corrected chi connectivity index (χ2v) is 9.27. The number of carbonyl (C=O) groups excluding carboxylic acids is 1. The van der Waals surface area contributed by atoms with Gasteiger partial charge >= 0.3 is 0 Å². The number of hydrogen-bond donors (Lipinski definition) is 3. The van der Waals surface area contributed by atoms with Crippen molar-refractivity contribution < 1.29 is 9.00 Å². The number of aromatic nitrogens is 4. The van der Waals surface area contributed by atoms with Gasteiger partial charge in [0, 0.05) is 37.3 Å². The van der Waals surface area contributed by atoms with E-state index < -0.39 is 11.0 Å². The molecule has 34 heavy (non-hydrogen) atoms. The highest BCUT2D eigenvalue weighted by molar-refractivity contribution is 7.97. The number of pyridine rings is 1. The van der Waals surface area contributed by atoms with Gasteiger partial charge in [0.1, 0.15) is 17.5 Å². The van der Waals surface area contributed by atoms with Gasteiger partial charge in [-0.1, -0.05) is 6.42 Å². The number of carbonyl (C=O) groups is 1. The third-order valence-corrected chi connectivity index (χ3v) is 5.84. The summed E-state index contributed by atoms with van der Waals surface area (Å²) in [5.74, 6) is 0.474. The minimum Gasteiger partial charge on any atom is -0.334 e. The van der Waals surface area contributed by atoms with E-state index in [2.05, 4.69) is 26.1 Å². The first-order chi connectivity index (χ1) is 16.4. The van der Waals surface area contributed by atoms with E-state index in [0.29, 0.717) is 22.6 Å². The Morgan fingerprint density at radius 1 is 1.24 bits per heavy atom. The Labute approximate surface area is 207 Å². The second kappa shape index (κ2) is 16.1. The molecule has 0 amide bonds. The Hall–Kier alpha value is -2.54. The predicted octanol–water partition coefficient (Wildman–Crippen LogP) is 2.60. The van der Waals surface area contributed by atoms with Crippen LogP contribution in [0.5, 0.6) is 0 Å². The van der Waals surface area contributed by atoms with Crippen LogP contribution in [0.3, 0.4) is 0 Å². The summed E-state index contributed by atoms with van der Waals surface area (Å²) in [7, 11) is 0.781. The van der Waals surface area contributed by atoms with Crippen LogP contribution in [-0.2, 0) is 11.0 Å². The third kappa shape index (κ3) is 8.67. The number of H-pyrrole nitrogens is 1. The SMILES string of the molecule is CN.CS(=O)N1CCCCC1.CSC.Cc1c(C=O)cn2ncnc(Nc3ccc[nH]c3=O)c12. The van der Waals surface area contributed by atoms with Gasteiger partial charge in [-0.3, -0.25) is 9.59 Å². The highest BCUT2D eigenvalue weighted by Crippen LogP contribution is 2.23. The summed E-state index contributed by atoms with van der Waals surface area (Å²) in [5, 5.41) is 7.02. The minimum absolute atomic E-state index is 0.246.